The predicted octanol–water partition coefficient (Wildman–Crippen LogP) is 4.59. The summed E-state index contributed by atoms with van der Waals surface area (Å²) in [5.74, 6) is 1.76. The maximum Gasteiger partial charge on any atom is 0.124 e. The molecule has 0 aliphatic carbocycles. The quantitative estimate of drug-likeness (QED) is 0.899. The predicted molar refractivity (Wildman–Crippen MR) is 85.7 cm³/mol. The van der Waals surface area contributed by atoms with E-state index < -0.39 is 0 Å². The third kappa shape index (κ3) is 2.79. The van der Waals surface area contributed by atoms with Gasteiger partial charge in [0.05, 0.1) is 19.8 Å². The maximum atomic E-state index is 6.19. The van der Waals surface area contributed by atoms with Gasteiger partial charge in [-0.05, 0) is 42.8 Å². The van der Waals surface area contributed by atoms with Gasteiger partial charge in [0, 0.05) is 22.7 Å². The molecule has 1 aliphatic heterocycles. The minimum atomic E-state index is 0.195. The van der Waals surface area contributed by atoms with E-state index in [-0.39, 0.29) is 6.04 Å². The van der Waals surface area contributed by atoms with Crippen molar-refractivity contribution >= 4 is 17.3 Å². The molecule has 21 heavy (non-hydrogen) atoms. The number of anilines is 1. The van der Waals surface area contributed by atoms with Crippen LogP contribution in [0.1, 0.15) is 23.6 Å². The number of rotatable bonds is 3. The molecule has 0 fully saturated rings. The third-order valence-corrected chi connectivity index (χ3v) is 4.26. The van der Waals surface area contributed by atoms with E-state index in [4.69, 9.17) is 21.1 Å². The first kappa shape index (κ1) is 14.1. The molecule has 1 heterocycles. The Morgan fingerprint density at radius 1 is 1.29 bits per heavy atom. The van der Waals surface area contributed by atoms with Crippen LogP contribution < -0.4 is 14.8 Å². The van der Waals surface area contributed by atoms with Crippen molar-refractivity contribution in [3.8, 4) is 11.5 Å². The van der Waals surface area contributed by atoms with E-state index in [0.29, 0.717) is 6.61 Å². The Balaban J connectivity index is 1.93. The SMILES string of the molecule is COc1ccc2c(c1)C(Nc1cccc(Cl)c1C)CCO2. The van der Waals surface area contributed by atoms with Gasteiger partial charge in [-0.2, -0.15) is 0 Å². The molecule has 0 spiro atoms. The number of ether oxygens (including phenoxy) is 2. The van der Waals surface area contributed by atoms with E-state index in [0.717, 1.165) is 39.8 Å². The first-order valence-corrected chi connectivity index (χ1v) is 7.39. The van der Waals surface area contributed by atoms with Gasteiger partial charge in [0.2, 0.25) is 0 Å². The summed E-state index contributed by atoms with van der Waals surface area (Å²) in [5.41, 5.74) is 3.25. The second-order valence-corrected chi connectivity index (χ2v) is 5.56. The lowest BCUT2D eigenvalue weighted by Gasteiger charge is -2.28. The van der Waals surface area contributed by atoms with Crippen LogP contribution in [-0.4, -0.2) is 13.7 Å². The summed E-state index contributed by atoms with van der Waals surface area (Å²) in [7, 11) is 1.68. The molecule has 1 N–H and O–H groups in total. The van der Waals surface area contributed by atoms with Crippen LogP contribution in [0.25, 0.3) is 0 Å². The molecule has 4 heteroatoms. The van der Waals surface area contributed by atoms with Crippen LogP contribution in [0.5, 0.6) is 11.5 Å². The van der Waals surface area contributed by atoms with Gasteiger partial charge < -0.3 is 14.8 Å². The molecule has 0 saturated carbocycles. The molecule has 0 bridgehead atoms. The molecule has 110 valence electrons. The summed E-state index contributed by atoms with van der Waals surface area (Å²) in [4.78, 5) is 0. The number of hydrogen-bond donors (Lipinski definition) is 1. The summed E-state index contributed by atoms with van der Waals surface area (Å²) in [5, 5.41) is 4.35. The summed E-state index contributed by atoms with van der Waals surface area (Å²) >= 11 is 6.19. The molecule has 0 amide bonds. The fraction of sp³-hybridized carbons (Fsp3) is 0.294. The van der Waals surface area contributed by atoms with Crippen LogP contribution in [0.15, 0.2) is 36.4 Å². The molecule has 2 aromatic carbocycles. The van der Waals surface area contributed by atoms with Gasteiger partial charge in [-0.3, -0.25) is 0 Å². The smallest absolute Gasteiger partial charge is 0.124 e. The average Bonchev–Trinajstić information content (AvgIpc) is 2.51. The first-order chi connectivity index (χ1) is 10.2. The lowest BCUT2D eigenvalue weighted by atomic mass is 9.99. The van der Waals surface area contributed by atoms with Crippen LogP contribution in [0.3, 0.4) is 0 Å². The second kappa shape index (κ2) is 5.86. The van der Waals surface area contributed by atoms with Gasteiger partial charge in [-0.15, -0.1) is 0 Å². The minimum absolute atomic E-state index is 0.195. The molecule has 3 nitrogen and oxygen atoms in total. The largest absolute Gasteiger partial charge is 0.497 e. The van der Waals surface area contributed by atoms with Crippen molar-refractivity contribution in [3.63, 3.8) is 0 Å². The van der Waals surface area contributed by atoms with E-state index >= 15 is 0 Å². The topological polar surface area (TPSA) is 30.5 Å². The monoisotopic (exact) mass is 303 g/mol. The van der Waals surface area contributed by atoms with Crippen LogP contribution in [0.2, 0.25) is 5.02 Å². The van der Waals surface area contributed by atoms with Gasteiger partial charge in [0.1, 0.15) is 11.5 Å². The Morgan fingerprint density at radius 3 is 2.95 bits per heavy atom. The summed E-state index contributed by atoms with van der Waals surface area (Å²) in [6, 6.07) is 12.0. The van der Waals surface area contributed by atoms with Gasteiger partial charge in [-0.25, -0.2) is 0 Å². The van der Waals surface area contributed by atoms with E-state index in [1.54, 1.807) is 7.11 Å². The van der Waals surface area contributed by atoms with Gasteiger partial charge in [-0.1, -0.05) is 17.7 Å². The Hall–Kier alpha value is -1.87. The van der Waals surface area contributed by atoms with Gasteiger partial charge in [0.15, 0.2) is 0 Å². The van der Waals surface area contributed by atoms with Crippen molar-refractivity contribution in [1.82, 2.24) is 0 Å². The number of benzene rings is 2. The zero-order valence-electron chi connectivity index (χ0n) is 12.2. The highest BCUT2D eigenvalue weighted by molar-refractivity contribution is 6.31. The Kier molecular flexibility index (Phi) is 3.93. The number of hydrogen-bond acceptors (Lipinski definition) is 3. The average molecular weight is 304 g/mol. The molecule has 2 aromatic rings. The Bertz CT molecular complexity index is 657. The van der Waals surface area contributed by atoms with Crippen molar-refractivity contribution in [2.45, 2.75) is 19.4 Å². The van der Waals surface area contributed by atoms with Crippen LogP contribution in [-0.2, 0) is 0 Å². The molecule has 0 radical (unpaired) electrons. The Morgan fingerprint density at radius 2 is 2.14 bits per heavy atom. The van der Waals surface area contributed by atoms with Gasteiger partial charge >= 0.3 is 0 Å². The minimum Gasteiger partial charge on any atom is -0.497 e. The normalized spacial score (nSPS) is 16.8. The summed E-state index contributed by atoms with van der Waals surface area (Å²) in [6.45, 7) is 2.73. The molecule has 3 rings (SSSR count). The Labute approximate surface area is 129 Å². The first-order valence-electron chi connectivity index (χ1n) is 7.01. The standard InChI is InChI=1S/C17H18ClNO2/c1-11-14(18)4-3-5-15(11)19-16-8-9-21-17-7-6-12(20-2)10-13(16)17/h3-7,10,16,19H,8-9H2,1-2H3. The summed E-state index contributed by atoms with van der Waals surface area (Å²) in [6.07, 6.45) is 0.909. The van der Waals surface area contributed by atoms with Crippen LogP contribution in [0, 0.1) is 6.92 Å². The highest BCUT2D eigenvalue weighted by atomic mass is 35.5. The molecular formula is C17H18ClNO2. The van der Waals surface area contributed by atoms with Crippen molar-refractivity contribution in [3.05, 3.63) is 52.5 Å². The van der Waals surface area contributed by atoms with E-state index in [9.17, 15) is 0 Å². The molecule has 0 saturated heterocycles. The highest BCUT2D eigenvalue weighted by Gasteiger charge is 2.22. The van der Waals surface area contributed by atoms with Crippen molar-refractivity contribution < 1.29 is 9.47 Å². The fourth-order valence-corrected chi connectivity index (χ4v) is 2.78. The van der Waals surface area contributed by atoms with Crippen LogP contribution >= 0.6 is 11.6 Å². The van der Waals surface area contributed by atoms with E-state index in [1.165, 1.54) is 0 Å². The number of nitrogens with one attached hydrogen (secondary N) is 1. The number of methoxy groups -OCH3 is 1. The second-order valence-electron chi connectivity index (χ2n) is 5.15. The highest BCUT2D eigenvalue weighted by Crippen LogP contribution is 2.37. The van der Waals surface area contributed by atoms with Crippen LogP contribution in [0.4, 0.5) is 5.69 Å². The van der Waals surface area contributed by atoms with E-state index in [2.05, 4.69) is 11.4 Å². The summed E-state index contributed by atoms with van der Waals surface area (Å²) < 4.78 is 11.0. The fourth-order valence-electron chi connectivity index (χ4n) is 2.60. The molecule has 1 unspecified atom stereocenters. The molecule has 1 atom stereocenters. The molecular weight excluding hydrogens is 286 g/mol. The van der Waals surface area contributed by atoms with Gasteiger partial charge in [0.25, 0.3) is 0 Å². The number of halogens is 1. The lowest BCUT2D eigenvalue weighted by Crippen LogP contribution is -2.20. The number of fused-ring (bicyclic) bond motifs is 1. The van der Waals surface area contributed by atoms with Crippen molar-refractivity contribution in [2.24, 2.45) is 0 Å². The van der Waals surface area contributed by atoms with E-state index in [1.807, 2.05) is 37.3 Å². The van der Waals surface area contributed by atoms with Crippen molar-refractivity contribution in [2.75, 3.05) is 19.0 Å². The lowest BCUT2D eigenvalue weighted by molar-refractivity contribution is 0.273. The zero-order chi connectivity index (χ0) is 14.8. The maximum absolute atomic E-state index is 6.19. The van der Waals surface area contributed by atoms with Crippen molar-refractivity contribution in [1.29, 1.82) is 0 Å². The molecule has 0 aromatic heterocycles. The molecule has 1 aliphatic rings. The third-order valence-electron chi connectivity index (χ3n) is 3.85. The zero-order valence-corrected chi connectivity index (χ0v) is 12.9.